The van der Waals surface area contributed by atoms with Crippen molar-refractivity contribution in [3.63, 3.8) is 0 Å². The Labute approximate surface area is 63.2 Å². The Morgan fingerprint density at radius 2 is 2.20 bits per heavy atom. The molecule has 10 heavy (non-hydrogen) atoms. The minimum absolute atomic E-state index is 0.809. The van der Waals surface area contributed by atoms with Crippen molar-refractivity contribution in [1.29, 1.82) is 0 Å². The van der Waals surface area contributed by atoms with Crippen molar-refractivity contribution >= 4 is 0 Å². The largest absolute Gasteiger partial charge is 0.314 e. The standard InChI is InChI=1S/C9H17N/c1-3-4-10-6(2)9-7-5-8(7)9/h6-10H,3-5H2,1-2H3. The summed E-state index contributed by atoms with van der Waals surface area (Å²) in [6, 6.07) is 0.809. The van der Waals surface area contributed by atoms with Crippen molar-refractivity contribution in [1.82, 2.24) is 5.32 Å². The highest BCUT2D eigenvalue weighted by atomic mass is 14.9. The number of hydrogen-bond acceptors (Lipinski definition) is 1. The molecule has 0 aliphatic heterocycles. The first-order valence-corrected chi connectivity index (χ1v) is 4.58. The first kappa shape index (κ1) is 6.66. The van der Waals surface area contributed by atoms with Crippen molar-refractivity contribution in [2.24, 2.45) is 17.8 Å². The molecule has 0 spiro atoms. The van der Waals surface area contributed by atoms with Crippen molar-refractivity contribution in [2.45, 2.75) is 32.7 Å². The molecule has 0 aromatic heterocycles. The third-order valence-corrected chi connectivity index (χ3v) is 3.03. The predicted molar refractivity (Wildman–Crippen MR) is 42.8 cm³/mol. The summed E-state index contributed by atoms with van der Waals surface area (Å²) in [5.41, 5.74) is 0. The minimum Gasteiger partial charge on any atom is -0.314 e. The fraction of sp³-hybridized carbons (Fsp3) is 1.00. The van der Waals surface area contributed by atoms with Gasteiger partial charge in [0.15, 0.2) is 0 Å². The van der Waals surface area contributed by atoms with Gasteiger partial charge in [-0.05, 0) is 44.1 Å². The molecule has 0 saturated heterocycles. The van der Waals surface area contributed by atoms with Gasteiger partial charge in [-0.2, -0.15) is 0 Å². The first-order valence-electron chi connectivity index (χ1n) is 4.58. The SMILES string of the molecule is CCCNC(C)C1C2CC21. The van der Waals surface area contributed by atoms with Gasteiger partial charge in [-0.1, -0.05) is 6.92 Å². The van der Waals surface area contributed by atoms with Gasteiger partial charge >= 0.3 is 0 Å². The lowest BCUT2D eigenvalue weighted by atomic mass is 10.1. The Morgan fingerprint density at radius 1 is 1.50 bits per heavy atom. The van der Waals surface area contributed by atoms with Gasteiger partial charge in [0, 0.05) is 6.04 Å². The molecule has 1 nitrogen and oxygen atoms in total. The van der Waals surface area contributed by atoms with E-state index < -0.39 is 0 Å². The Balaban J connectivity index is 1.63. The second-order valence-corrected chi connectivity index (χ2v) is 3.88. The van der Waals surface area contributed by atoms with E-state index in [9.17, 15) is 0 Å². The van der Waals surface area contributed by atoms with Gasteiger partial charge < -0.3 is 5.32 Å². The Morgan fingerprint density at radius 3 is 2.60 bits per heavy atom. The molecule has 2 saturated carbocycles. The smallest absolute Gasteiger partial charge is 0.00725 e. The summed E-state index contributed by atoms with van der Waals surface area (Å²) >= 11 is 0. The molecule has 1 heteroatoms. The van der Waals surface area contributed by atoms with Crippen LogP contribution in [-0.2, 0) is 0 Å². The van der Waals surface area contributed by atoms with Crippen molar-refractivity contribution < 1.29 is 0 Å². The van der Waals surface area contributed by atoms with Crippen LogP contribution in [0.4, 0.5) is 0 Å². The van der Waals surface area contributed by atoms with Crippen LogP contribution < -0.4 is 5.32 Å². The Bertz CT molecular complexity index is 125. The average molecular weight is 139 g/mol. The fourth-order valence-electron chi connectivity index (χ4n) is 2.08. The van der Waals surface area contributed by atoms with Crippen LogP contribution in [0, 0.1) is 17.8 Å². The minimum atomic E-state index is 0.809. The van der Waals surface area contributed by atoms with Gasteiger partial charge in [0.25, 0.3) is 0 Å². The van der Waals surface area contributed by atoms with Crippen LogP contribution in [0.15, 0.2) is 0 Å². The highest BCUT2D eigenvalue weighted by Crippen LogP contribution is 2.69. The van der Waals surface area contributed by atoms with Gasteiger partial charge in [0.1, 0.15) is 0 Å². The molecule has 0 radical (unpaired) electrons. The topological polar surface area (TPSA) is 12.0 Å². The third-order valence-electron chi connectivity index (χ3n) is 3.03. The van der Waals surface area contributed by atoms with Gasteiger partial charge in [-0.3, -0.25) is 0 Å². The number of hydrogen-bond donors (Lipinski definition) is 1. The molecule has 3 unspecified atom stereocenters. The summed E-state index contributed by atoms with van der Waals surface area (Å²) in [6.07, 6.45) is 2.81. The number of nitrogens with one attached hydrogen (secondary N) is 1. The molecule has 3 atom stereocenters. The summed E-state index contributed by atoms with van der Waals surface area (Å²) in [6.45, 7) is 5.77. The zero-order valence-electron chi connectivity index (χ0n) is 6.93. The maximum atomic E-state index is 3.56. The van der Waals surface area contributed by atoms with Crippen LogP contribution in [0.2, 0.25) is 0 Å². The lowest BCUT2D eigenvalue weighted by molar-refractivity contribution is 0.424. The van der Waals surface area contributed by atoms with E-state index in [1.807, 2.05) is 0 Å². The van der Waals surface area contributed by atoms with E-state index in [-0.39, 0.29) is 0 Å². The van der Waals surface area contributed by atoms with E-state index in [1.54, 1.807) is 6.42 Å². The molecule has 2 aliphatic rings. The summed E-state index contributed by atoms with van der Waals surface area (Å²) in [7, 11) is 0. The zero-order chi connectivity index (χ0) is 7.14. The van der Waals surface area contributed by atoms with E-state index in [0.717, 1.165) is 23.8 Å². The first-order chi connectivity index (χ1) is 4.84. The molecule has 1 N–H and O–H groups in total. The average Bonchev–Trinajstić information content (AvgIpc) is 2.68. The molecule has 58 valence electrons. The molecule has 0 amide bonds. The maximum absolute atomic E-state index is 3.56. The van der Waals surface area contributed by atoms with Crippen molar-refractivity contribution in [3.8, 4) is 0 Å². The molecule has 0 aromatic rings. The molecular weight excluding hydrogens is 122 g/mol. The normalized spacial score (nSPS) is 44.4. The van der Waals surface area contributed by atoms with E-state index in [4.69, 9.17) is 0 Å². The van der Waals surface area contributed by atoms with E-state index in [1.165, 1.54) is 13.0 Å². The van der Waals surface area contributed by atoms with Gasteiger partial charge in [0.05, 0.1) is 0 Å². The van der Waals surface area contributed by atoms with Crippen LogP contribution in [0.5, 0.6) is 0 Å². The summed E-state index contributed by atoms with van der Waals surface area (Å²) in [5.74, 6) is 3.38. The zero-order valence-corrected chi connectivity index (χ0v) is 6.93. The quantitative estimate of drug-likeness (QED) is 0.624. The van der Waals surface area contributed by atoms with Crippen LogP contribution in [-0.4, -0.2) is 12.6 Å². The lowest BCUT2D eigenvalue weighted by Gasteiger charge is -2.15. The predicted octanol–water partition coefficient (Wildman–Crippen LogP) is 1.64. The third kappa shape index (κ3) is 0.968. The molecule has 2 aliphatic carbocycles. The molecule has 0 heterocycles. The molecular formula is C9H17N. The summed E-state index contributed by atoms with van der Waals surface area (Å²) in [4.78, 5) is 0. The van der Waals surface area contributed by atoms with E-state index >= 15 is 0 Å². The van der Waals surface area contributed by atoms with Crippen molar-refractivity contribution in [3.05, 3.63) is 0 Å². The summed E-state index contributed by atoms with van der Waals surface area (Å²) in [5, 5.41) is 3.56. The highest BCUT2D eigenvalue weighted by molar-refractivity contribution is 5.15. The monoisotopic (exact) mass is 139 g/mol. The van der Waals surface area contributed by atoms with Crippen LogP contribution in [0.3, 0.4) is 0 Å². The van der Waals surface area contributed by atoms with Crippen LogP contribution >= 0.6 is 0 Å². The van der Waals surface area contributed by atoms with Gasteiger partial charge in [0.2, 0.25) is 0 Å². The molecule has 2 rings (SSSR count). The van der Waals surface area contributed by atoms with E-state index in [0.29, 0.717) is 0 Å². The summed E-state index contributed by atoms with van der Waals surface area (Å²) < 4.78 is 0. The molecule has 2 fully saturated rings. The molecule has 0 bridgehead atoms. The van der Waals surface area contributed by atoms with Crippen LogP contribution in [0.1, 0.15) is 26.7 Å². The fourth-order valence-corrected chi connectivity index (χ4v) is 2.08. The Kier molecular flexibility index (Phi) is 1.48. The molecule has 0 aromatic carbocycles. The second-order valence-electron chi connectivity index (χ2n) is 3.88. The van der Waals surface area contributed by atoms with Gasteiger partial charge in [-0.15, -0.1) is 0 Å². The van der Waals surface area contributed by atoms with E-state index in [2.05, 4.69) is 19.2 Å². The Hall–Kier alpha value is -0.0400. The van der Waals surface area contributed by atoms with Crippen LogP contribution in [0.25, 0.3) is 0 Å². The maximum Gasteiger partial charge on any atom is 0.00725 e. The second kappa shape index (κ2) is 2.23. The van der Waals surface area contributed by atoms with Gasteiger partial charge in [-0.25, -0.2) is 0 Å². The number of fused-ring (bicyclic) bond motifs is 1. The number of rotatable bonds is 4. The van der Waals surface area contributed by atoms with Crippen molar-refractivity contribution in [2.75, 3.05) is 6.54 Å². The highest BCUT2D eigenvalue weighted by Gasteiger charge is 2.65. The lowest BCUT2D eigenvalue weighted by Crippen LogP contribution is -2.30.